The molecule has 0 heterocycles. The van der Waals surface area contributed by atoms with Crippen LogP contribution in [0.2, 0.25) is 0 Å². The van der Waals surface area contributed by atoms with Gasteiger partial charge in [-0.2, -0.15) is 0 Å². The van der Waals surface area contributed by atoms with Crippen LogP contribution in [0.4, 0.5) is 10.5 Å². The number of benzene rings is 1. The fourth-order valence-corrected chi connectivity index (χ4v) is 2.15. The van der Waals surface area contributed by atoms with E-state index >= 15 is 0 Å². The van der Waals surface area contributed by atoms with Crippen molar-refractivity contribution in [3.63, 3.8) is 0 Å². The number of rotatable bonds is 5. The molecule has 104 valence electrons. The van der Waals surface area contributed by atoms with E-state index in [1.54, 1.807) is 6.92 Å². The summed E-state index contributed by atoms with van der Waals surface area (Å²) in [4.78, 5) is 14.1. The Morgan fingerprint density at radius 2 is 2.26 bits per heavy atom. The minimum atomic E-state index is -0.521. The summed E-state index contributed by atoms with van der Waals surface area (Å²) in [6.07, 6.45) is 2.67. The molecule has 2 amide bonds. The van der Waals surface area contributed by atoms with Gasteiger partial charge in [0.1, 0.15) is 0 Å². The third kappa shape index (κ3) is 3.70. The average molecular weight is 262 g/mol. The molecule has 1 aliphatic carbocycles. The Morgan fingerprint density at radius 3 is 2.84 bits per heavy atom. The molecule has 1 aromatic rings. The molecule has 2 N–H and O–H groups in total. The zero-order valence-corrected chi connectivity index (χ0v) is 11.6. The molecular formula is C15H22N2O2. The van der Waals surface area contributed by atoms with E-state index in [-0.39, 0.29) is 6.03 Å². The van der Waals surface area contributed by atoms with Crippen LogP contribution in [0.3, 0.4) is 0 Å². The maximum Gasteiger partial charge on any atom is 0.322 e. The lowest BCUT2D eigenvalue weighted by atomic mass is 10.1. The van der Waals surface area contributed by atoms with Crippen LogP contribution in [0.5, 0.6) is 0 Å². The largest absolute Gasteiger partial charge is 0.389 e. The molecule has 1 aliphatic rings. The highest BCUT2D eigenvalue weighted by Crippen LogP contribution is 2.27. The van der Waals surface area contributed by atoms with Crippen molar-refractivity contribution in [1.29, 1.82) is 0 Å². The Hall–Kier alpha value is -1.55. The summed E-state index contributed by atoms with van der Waals surface area (Å²) in [6.45, 7) is 4.60. The van der Waals surface area contributed by atoms with E-state index in [2.05, 4.69) is 12.2 Å². The zero-order valence-electron chi connectivity index (χ0n) is 11.6. The Kier molecular flexibility index (Phi) is 4.43. The molecule has 0 saturated heterocycles. The Bertz CT molecular complexity index is 442. The maximum absolute atomic E-state index is 12.2. The van der Waals surface area contributed by atoms with Gasteiger partial charge in [-0.05, 0) is 43.9 Å². The van der Waals surface area contributed by atoms with Crippen molar-refractivity contribution in [3.05, 3.63) is 29.8 Å². The number of nitrogens with zero attached hydrogens (tertiary/aromatic N) is 1. The number of hydrogen-bond donors (Lipinski definition) is 2. The number of carbonyl (C=O) groups is 1. The molecule has 0 bridgehead atoms. The maximum atomic E-state index is 12.2. The van der Waals surface area contributed by atoms with Crippen LogP contribution in [0.15, 0.2) is 24.3 Å². The number of urea groups is 1. The molecule has 1 unspecified atom stereocenters. The van der Waals surface area contributed by atoms with Crippen LogP contribution >= 0.6 is 0 Å². The lowest BCUT2D eigenvalue weighted by Gasteiger charge is -2.22. The van der Waals surface area contributed by atoms with E-state index in [0.29, 0.717) is 6.04 Å². The highest BCUT2D eigenvalue weighted by Gasteiger charge is 2.31. The highest BCUT2D eigenvalue weighted by atomic mass is 16.3. The summed E-state index contributed by atoms with van der Waals surface area (Å²) < 4.78 is 0. The minimum absolute atomic E-state index is 0.0351. The molecule has 0 spiro atoms. The van der Waals surface area contributed by atoms with Gasteiger partial charge in [-0.1, -0.05) is 19.1 Å². The molecule has 19 heavy (non-hydrogen) atoms. The lowest BCUT2D eigenvalue weighted by Crippen LogP contribution is -2.37. The van der Waals surface area contributed by atoms with Gasteiger partial charge in [-0.3, -0.25) is 0 Å². The molecule has 1 fully saturated rings. The first-order valence-electron chi connectivity index (χ1n) is 6.97. The number of aliphatic hydroxyl groups is 1. The number of nitrogens with one attached hydrogen (secondary N) is 1. The van der Waals surface area contributed by atoms with Gasteiger partial charge in [-0.25, -0.2) is 4.79 Å². The summed E-state index contributed by atoms with van der Waals surface area (Å²) in [5, 5.41) is 12.5. The molecule has 1 saturated carbocycles. The van der Waals surface area contributed by atoms with Crippen LogP contribution in [0.25, 0.3) is 0 Å². The third-order valence-corrected chi connectivity index (χ3v) is 3.33. The Labute approximate surface area is 114 Å². The molecule has 1 atom stereocenters. The van der Waals surface area contributed by atoms with Crippen molar-refractivity contribution in [2.75, 3.05) is 11.9 Å². The summed E-state index contributed by atoms with van der Waals surface area (Å²) in [6, 6.07) is 7.75. The Morgan fingerprint density at radius 1 is 1.53 bits per heavy atom. The standard InChI is InChI=1S/C15H22N2O2/c1-3-9-17(14-7-8-14)15(19)16-13-6-4-5-12(10-13)11(2)18/h4-6,10-11,14,18H,3,7-9H2,1-2H3,(H,16,19). The van der Waals surface area contributed by atoms with Gasteiger partial charge in [0.05, 0.1) is 6.10 Å². The number of carbonyl (C=O) groups excluding carboxylic acids is 1. The number of hydrogen-bond acceptors (Lipinski definition) is 2. The van der Waals surface area contributed by atoms with Gasteiger partial charge < -0.3 is 15.3 Å². The SMILES string of the molecule is CCCN(C(=O)Nc1cccc(C(C)O)c1)C1CC1. The van der Waals surface area contributed by atoms with Crippen molar-refractivity contribution >= 4 is 11.7 Å². The van der Waals surface area contributed by atoms with Gasteiger partial charge in [0.15, 0.2) is 0 Å². The average Bonchev–Trinajstić information content (AvgIpc) is 3.20. The predicted molar refractivity (Wildman–Crippen MR) is 76.1 cm³/mol. The highest BCUT2D eigenvalue weighted by molar-refractivity contribution is 5.89. The van der Waals surface area contributed by atoms with Crippen molar-refractivity contribution in [3.8, 4) is 0 Å². The molecular weight excluding hydrogens is 240 g/mol. The summed E-state index contributed by atoms with van der Waals surface area (Å²) in [5.41, 5.74) is 1.55. The Balaban J connectivity index is 2.02. The van der Waals surface area contributed by atoms with E-state index in [9.17, 15) is 9.90 Å². The molecule has 4 nitrogen and oxygen atoms in total. The molecule has 4 heteroatoms. The lowest BCUT2D eigenvalue weighted by molar-refractivity contribution is 0.199. The number of amides is 2. The van der Waals surface area contributed by atoms with Crippen molar-refractivity contribution in [2.24, 2.45) is 0 Å². The third-order valence-electron chi connectivity index (χ3n) is 3.33. The fraction of sp³-hybridized carbons (Fsp3) is 0.533. The first-order chi connectivity index (χ1) is 9.11. The fourth-order valence-electron chi connectivity index (χ4n) is 2.15. The quantitative estimate of drug-likeness (QED) is 0.856. The van der Waals surface area contributed by atoms with E-state index in [1.807, 2.05) is 29.2 Å². The van der Waals surface area contributed by atoms with E-state index in [1.165, 1.54) is 0 Å². The monoisotopic (exact) mass is 262 g/mol. The zero-order chi connectivity index (χ0) is 13.8. The second kappa shape index (κ2) is 6.06. The molecule has 0 radical (unpaired) electrons. The first kappa shape index (κ1) is 13.9. The van der Waals surface area contributed by atoms with Gasteiger partial charge in [0, 0.05) is 18.3 Å². The first-order valence-corrected chi connectivity index (χ1v) is 6.97. The van der Waals surface area contributed by atoms with E-state index < -0.39 is 6.10 Å². The number of anilines is 1. The van der Waals surface area contributed by atoms with Crippen molar-refractivity contribution < 1.29 is 9.90 Å². The van der Waals surface area contributed by atoms with Crippen molar-refractivity contribution in [1.82, 2.24) is 4.90 Å². The number of aliphatic hydroxyl groups excluding tert-OH is 1. The van der Waals surface area contributed by atoms with Crippen molar-refractivity contribution in [2.45, 2.75) is 45.3 Å². The van der Waals surface area contributed by atoms with E-state index in [0.717, 1.165) is 37.1 Å². The van der Waals surface area contributed by atoms with Crippen LogP contribution < -0.4 is 5.32 Å². The van der Waals surface area contributed by atoms with Crippen LogP contribution in [-0.4, -0.2) is 28.6 Å². The molecule has 1 aromatic carbocycles. The topological polar surface area (TPSA) is 52.6 Å². The molecule has 2 rings (SSSR count). The second-order valence-electron chi connectivity index (χ2n) is 5.16. The van der Waals surface area contributed by atoms with Gasteiger partial charge in [-0.15, -0.1) is 0 Å². The molecule has 0 aromatic heterocycles. The van der Waals surface area contributed by atoms with Gasteiger partial charge >= 0.3 is 6.03 Å². The van der Waals surface area contributed by atoms with Crippen LogP contribution in [-0.2, 0) is 0 Å². The normalized spacial score (nSPS) is 15.9. The summed E-state index contributed by atoms with van der Waals surface area (Å²) in [7, 11) is 0. The second-order valence-corrected chi connectivity index (χ2v) is 5.16. The predicted octanol–water partition coefficient (Wildman–Crippen LogP) is 3.15. The minimum Gasteiger partial charge on any atom is -0.389 e. The summed E-state index contributed by atoms with van der Waals surface area (Å²) in [5.74, 6) is 0. The van der Waals surface area contributed by atoms with Crippen LogP contribution in [0, 0.1) is 0 Å². The van der Waals surface area contributed by atoms with Gasteiger partial charge in [0.25, 0.3) is 0 Å². The van der Waals surface area contributed by atoms with Gasteiger partial charge in [0.2, 0.25) is 0 Å². The van der Waals surface area contributed by atoms with E-state index in [4.69, 9.17) is 0 Å². The molecule has 0 aliphatic heterocycles. The smallest absolute Gasteiger partial charge is 0.322 e. The van der Waals surface area contributed by atoms with Crippen LogP contribution in [0.1, 0.15) is 44.8 Å². The summed E-state index contributed by atoms with van der Waals surface area (Å²) >= 11 is 0.